The van der Waals surface area contributed by atoms with Crippen LogP contribution in [-0.4, -0.2) is 43.3 Å². The fourth-order valence-corrected chi connectivity index (χ4v) is 5.35. The molecule has 2 N–H and O–H groups in total. The van der Waals surface area contributed by atoms with Gasteiger partial charge in [-0.2, -0.15) is 13.2 Å². The molecule has 12 heteroatoms. The molecule has 0 bridgehead atoms. The van der Waals surface area contributed by atoms with Gasteiger partial charge >= 0.3 is 6.18 Å². The van der Waals surface area contributed by atoms with E-state index in [0.29, 0.717) is 42.6 Å². The summed E-state index contributed by atoms with van der Waals surface area (Å²) in [5.41, 5.74) is -0.424. The Morgan fingerprint density at radius 1 is 1.16 bits per heavy atom. The van der Waals surface area contributed by atoms with E-state index in [1.165, 1.54) is 24.3 Å². The second kappa shape index (κ2) is 11.8. The number of carbonyl (C=O) groups is 2. The molecule has 2 unspecified atom stereocenters. The second-order valence-corrected chi connectivity index (χ2v) is 11.4. The molecule has 4 rings (SSSR count). The summed E-state index contributed by atoms with van der Waals surface area (Å²) in [4.78, 5) is 25.6. The number of rotatable bonds is 8. The summed E-state index contributed by atoms with van der Waals surface area (Å²) < 4.78 is 47.2. The number of nitrogens with one attached hydrogen (secondary N) is 2. The van der Waals surface area contributed by atoms with Crippen molar-refractivity contribution in [1.82, 2.24) is 10.6 Å². The zero-order valence-electron chi connectivity index (χ0n) is 19.8. The molecule has 5 nitrogen and oxygen atoms in total. The highest BCUT2D eigenvalue weighted by Gasteiger charge is 2.51. The average Bonchev–Trinajstić information content (AvgIpc) is 3.43. The number of amides is 2. The van der Waals surface area contributed by atoms with E-state index in [1.54, 1.807) is 0 Å². The second-order valence-electron chi connectivity index (χ2n) is 9.39. The number of ether oxygens (including phenoxy) is 1. The van der Waals surface area contributed by atoms with Gasteiger partial charge in [-0.3, -0.25) is 9.59 Å². The maximum Gasteiger partial charge on any atom is 0.399 e. The molecular weight excluding hydrogens is 632 g/mol. The predicted octanol–water partition coefficient (Wildman–Crippen LogP) is 7.18. The van der Waals surface area contributed by atoms with E-state index in [4.69, 9.17) is 39.5 Å². The minimum Gasteiger partial charge on any atom is -0.381 e. The van der Waals surface area contributed by atoms with Crippen LogP contribution in [0, 0.1) is 5.92 Å². The molecule has 2 atom stereocenters. The maximum absolute atomic E-state index is 13.8. The van der Waals surface area contributed by atoms with E-state index in [9.17, 15) is 22.8 Å². The maximum atomic E-state index is 13.8. The highest BCUT2D eigenvalue weighted by molar-refractivity contribution is 9.10. The molecule has 0 aromatic heterocycles. The average molecular weight is 655 g/mol. The van der Waals surface area contributed by atoms with Crippen LogP contribution in [0.2, 0.25) is 15.1 Å². The Labute approximate surface area is 241 Å². The number of benzene rings is 2. The van der Waals surface area contributed by atoms with Gasteiger partial charge in [-0.15, -0.1) is 0 Å². The minimum absolute atomic E-state index is 0.0198. The highest BCUT2D eigenvalue weighted by atomic mass is 79.9. The zero-order valence-corrected chi connectivity index (χ0v) is 23.7. The zero-order chi connectivity index (χ0) is 27.7. The van der Waals surface area contributed by atoms with Gasteiger partial charge < -0.3 is 15.4 Å². The molecule has 1 heterocycles. The lowest BCUT2D eigenvalue weighted by atomic mass is 9.97. The van der Waals surface area contributed by atoms with Crippen LogP contribution in [0.5, 0.6) is 0 Å². The van der Waals surface area contributed by atoms with Gasteiger partial charge in [-0.05, 0) is 70.6 Å². The molecule has 2 aromatic carbocycles. The molecule has 0 spiro atoms. The molecule has 2 amide bonds. The van der Waals surface area contributed by atoms with Crippen molar-refractivity contribution in [3.8, 4) is 0 Å². The fraction of sp³-hybridized carbons (Fsp3) is 0.385. The largest absolute Gasteiger partial charge is 0.399 e. The van der Waals surface area contributed by atoms with Crippen molar-refractivity contribution in [2.45, 2.75) is 36.9 Å². The Kier molecular flexibility index (Phi) is 9.04. The van der Waals surface area contributed by atoms with Crippen molar-refractivity contribution in [3.63, 3.8) is 0 Å². The van der Waals surface area contributed by atoms with Gasteiger partial charge in [0.2, 0.25) is 5.91 Å². The lowest BCUT2D eigenvalue weighted by Crippen LogP contribution is -2.50. The summed E-state index contributed by atoms with van der Waals surface area (Å²) in [5, 5.41) is 5.53. The van der Waals surface area contributed by atoms with Gasteiger partial charge in [-0.1, -0.05) is 53.0 Å². The Bertz CT molecular complexity index is 1240. The Hall–Kier alpha value is -1.78. The highest BCUT2D eigenvalue weighted by Crippen LogP contribution is 2.41. The number of allylic oxidation sites excluding steroid dienone is 1. The summed E-state index contributed by atoms with van der Waals surface area (Å²) in [7, 11) is 0. The van der Waals surface area contributed by atoms with E-state index in [2.05, 4.69) is 26.6 Å². The van der Waals surface area contributed by atoms with Crippen molar-refractivity contribution >= 4 is 68.6 Å². The van der Waals surface area contributed by atoms with Gasteiger partial charge in [0.1, 0.15) is 5.54 Å². The van der Waals surface area contributed by atoms with Gasteiger partial charge in [0.05, 0.1) is 33.2 Å². The molecule has 1 aliphatic carbocycles. The summed E-state index contributed by atoms with van der Waals surface area (Å²) in [6, 6.07) is 6.80. The molecule has 1 saturated carbocycles. The predicted molar refractivity (Wildman–Crippen MR) is 145 cm³/mol. The van der Waals surface area contributed by atoms with Gasteiger partial charge in [-0.25, -0.2) is 0 Å². The van der Waals surface area contributed by atoms with E-state index in [0.717, 1.165) is 24.6 Å². The topological polar surface area (TPSA) is 67.4 Å². The molecular formula is C26H23BrCl3F3N2O3. The van der Waals surface area contributed by atoms with Crippen LogP contribution in [0.3, 0.4) is 0 Å². The quantitative estimate of drug-likeness (QED) is 0.297. The Morgan fingerprint density at radius 3 is 2.39 bits per heavy atom. The van der Waals surface area contributed by atoms with Crippen molar-refractivity contribution in [2.24, 2.45) is 5.92 Å². The SMILES string of the molecule is O=C(NC1(C(=O)NCC2CCOC2)CC1)c1ccc(/C=C/C(c2cc(Cl)c(Cl)c(Cl)c2)C(F)(F)F)cc1Br. The summed E-state index contributed by atoms with van der Waals surface area (Å²) in [6.07, 6.45) is -0.389. The third-order valence-corrected chi connectivity index (χ3v) is 8.40. The third kappa shape index (κ3) is 6.86. The lowest BCUT2D eigenvalue weighted by molar-refractivity contribution is -0.139. The molecule has 1 saturated heterocycles. The molecule has 204 valence electrons. The van der Waals surface area contributed by atoms with Crippen molar-refractivity contribution in [2.75, 3.05) is 19.8 Å². The van der Waals surface area contributed by atoms with Crippen LogP contribution >= 0.6 is 50.7 Å². The molecule has 2 aliphatic rings. The van der Waals surface area contributed by atoms with E-state index >= 15 is 0 Å². The summed E-state index contributed by atoms with van der Waals surface area (Å²) in [5.74, 6) is -2.40. The number of hydrogen-bond acceptors (Lipinski definition) is 3. The first-order valence-corrected chi connectivity index (χ1v) is 13.7. The van der Waals surface area contributed by atoms with Crippen LogP contribution in [0.15, 0.2) is 40.9 Å². The standard InChI is InChI=1S/C26H23BrCl3F3N2O3/c27-19-9-14(2-4-18(26(31,32)33)16-10-20(28)22(30)21(29)11-16)1-3-17(19)23(36)35-25(6-7-25)24(37)34-12-15-5-8-38-13-15/h1-4,9-11,15,18H,5-8,12-13H2,(H,34,37)(H,35,36)/b4-2+. The monoisotopic (exact) mass is 652 g/mol. The van der Waals surface area contributed by atoms with Crippen molar-refractivity contribution in [3.05, 3.63) is 72.6 Å². The number of hydrogen-bond donors (Lipinski definition) is 2. The molecule has 38 heavy (non-hydrogen) atoms. The molecule has 2 aromatic rings. The Balaban J connectivity index is 1.45. The van der Waals surface area contributed by atoms with Crippen LogP contribution < -0.4 is 10.6 Å². The first kappa shape index (κ1) is 29.2. The first-order chi connectivity index (χ1) is 17.9. The van der Waals surface area contributed by atoms with Gasteiger partial charge in [0.25, 0.3) is 5.91 Å². The van der Waals surface area contributed by atoms with Crippen molar-refractivity contribution in [1.29, 1.82) is 0 Å². The van der Waals surface area contributed by atoms with Crippen molar-refractivity contribution < 1.29 is 27.5 Å². The normalized spacial score (nSPS) is 19.4. The number of halogens is 7. The molecule has 0 radical (unpaired) electrons. The van der Waals surface area contributed by atoms with E-state index in [1.807, 2.05) is 0 Å². The van der Waals surface area contributed by atoms with Crippen LogP contribution in [0.4, 0.5) is 13.2 Å². The van der Waals surface area contributed by atoms with Gasteiger partial charge in [0, 0.05) is 23.5 Å². The van der Waals surface area contributed by atoms with Crippen LogP contribution in [0.25, 0.3) is 6.08 Å². The fourth-order valence-electron chi connectivity index (χ4n) is 4.16. The van der Waals surface area contributed by atoms with Gasteiger partial charge in [0.15, 0.2) is 0 Å². The minimum atomic E-state index is -4.61. The van der Waals surface area contributed by atoms with E-state index in [-0.39, 0.29) is 38.0 Å². The third-order valence-electron chi connectivity index (χ3n) is 6.55. The first-order valence-electron chi connectivity index (χ1n) is 11.8. The summed E-state index contributed by atoms with van der Waals surface area (Å²) >= 11 is 21.1. The van der Waals surface area contributed by atoms with Crippen LogP contribution in [-0.2, 0) is 9.53 Å². The number of carbonyl (C=O) groups excluding carboxylic acids is 2. The smallest absolute Gasteiger partial charge is 0.381 e. The Morgan fingerprint density at radius 2 is 1.84 bits per heavy atom. The van der Waals surface area contributed by atoms with Crippen LogP contribution in [0.1, 0.15) is 46.7 Å². The molecule has 2 fully saturated rings. The lowest BCUT2D eigenvalue weighted by Gasteiger charge is -2.19. The number of alkyl halides is 3. The molecule has 1 aliphatic heterocycles. The van der Waals surface area contributed by atoms with E-state index < -0.39 is 23.5 Å². The summed E-state index contributed by atoms with van der Waals surface area (Å²) in [6.45, 7) is 1.79.